The molecule has 3 N–H and O–H groups in total. The van der Waals surface area contributed by atoms with Gasteiger partial charge in [0.2, 0.25) is 5.56 Å². The zero-order valence-electron chi connectivity index (χ0n) is 13.9. The Kier molecular flexibility index (Phi) is 4.97. The lowest BCUT2D eigenvalue weighted by Gasteiger charge is -2.37. The molecule has 1 fully saturated rings. The van der Waals surface area contributed by atoms with Gasteiger partial charge in [-0.25, -0.2) is 0 Å². The highest BCUT2D eigenvalue weighted by atomic mass is 16.5. The summed E-state index contributed by atoms with van der Waals surface area (Å²) in [5.41, 5.74) is 0.763. The van der Waals surface area contributed by atoms with Gasteiger partial charge in [0.1, 0.15) is 0 Å². The van der Waals surface area contributed by atoms with Gasteiger partial charge in [0.25, 0.3) is 5.91 Å². The minimum absolute atomic E-state index is 0.0489. The van der Waals surface area contributed by atoms with E-state index >= 15 is 0 Å². The van der Waals surface area contributed by atoms with E-state index in [1.807, 2.05) is 18.2 Å². The maximum absolute atomic E-state index is 12.7. The van der Waals surface area contributed by atoms with Crippen LogP contribution < -0.4 is 16.2 Å². The first-order valence-electron chi connectivity index (χ1n) is 8.23. The van der Waals surface area contributed by atoms with Crippen LogP contribution in [0.3, 0.4) is 0 Å². The predicted molar refractivity (Wildman–Crippen MR) is 93.3 cm³/mol. The van der Waals surface area contributed by atoms with Crippen LogP contribution >= 0.6 is 0 Å². The molecule has 0 saturated carbocycles. The number of rotatable bonds is 5. The molecule has 1 amide bonds. The summed E-state index contributed by atoms with van der Waals surface area (Å²) in [6.07, 6.45) is 1.91. The number of H-pyrrole nitrogens is 1. The normalized spacial score (nSPS) is 16.9. The van der Waals surface area contributed by atoms with E-state index in [0.29, 0.717) is 24.2 Å². The fourth-order valence-corrected chi connectivity index (χ4v) is 3.39. The first-order valence-corrected chi connectivity index (χ1v) is 8.23. The number of benzene rings is 1. The van der Waals surface area contributed by atoms with Crippen LogP contribution in [0, 0.1) is 5.41 Å². The predicted octanol–water partition coefficient (Wildman–Crippen LogP) is 1.27. The van der Waals surface area contributed by atoms with Crippen LogP contribution in [0.5, 0.6) is 0 Å². The molecule has 0 radical (unpaired) electrons. The summed E-state index contributed by atoms with van der Waals surface area (Å²) in [6, 6.07) is 8.70. The van der Waals surface area contributed by atoms with E-state index in [1.165, 1.54) is 6.07 Å². The molecular formula is C18H23N3O3. The number of hydrogen-bond acceptors (Lipinski definition) is 4. The second kappa shape index (κ2) is 7.15. The van der Waals surface area contributed by atoms with E-state index in [1.54, 1.807) is 13.2 Å². The molecular weight excluding hydrogens is 306 g/mol. The van der Waals surface area contributed by atoms with Gasteiger partial charge in [0.15, 0.2) is 0 Å². The second-order valence-electron chi connectivity index (χ2n) is 6.46. The summed E-state index contributed by atoms with van der Waals surface area (Å²) < 4.78 is 5.38. The molecule has 1 aromatic carbocycles. The van der Waals surface area contributed by atoms with Crippen molar-refractivity contribution in [2.24, 2.45) is 5.41 Å². The van der Waals surface area contributed by atoms with Gasteiger partial charge in [-0.3, -0.25) is 9.59 Å². The number of hydrogen-bond donors (Lipinski definition) is 3. The van der Waals surface area contributed by atoms with Gasteiger partial charge in [-0.2, -0.15) is 0 Å². The molecule has 128 valence electrons. The van der Waals surface area contributed by atoms with Gasteiger partial charge >= 0.3 is 0 Å². The Morgan fingerprint density at radius 3 is 2.79 bits per heavy atom. The van der Waals surface area contributed by atoms with Crippen LogP contribution in [0.2, 0.25) is 0 Å². The van der Waals surface area contributed by atoms with Crippen LogP contribution in [-0.4, -0.2) is 44.2 Å². The van der Waals surface area contributed by atoms with Gasteiger partial charge in [-0.05, 0) is 32.0 Å². The lowest BCUT2D eigenvalue weighted by molar-refractivity contribution is 0.0512. The minimum Gasteiger partial charge on any atom is -0.384 e. The van der Waals surface area contributed by atoms with Crippen LogP contribution in [-0.2, 0) is 4.74 Å². The van der Waals surface area contributed by atoms with Crippen molar-refractivity contribution in [1.82, 2.24) is 15.6 Å². The molecule has 3 rings (SSSR count). The lowest BCUT2D eigenvalue weighted by Crippen LogP contribution is -2.47. The molecule has 1 saturated heterocycles. The molecule has 2 heterocycles. The highest BCUT2D eigenvalue weighted by Gasteiger charge is 2.32. The first-order chi connectivity index (χ1) is 11.6. The van der Waals surface area contributed by atoms with E-state index < -0.39 is 0 Å². The van der Waals surface area contributed by atoms with Crippen LogP contribution in [0.4, 0.5) is 0 Å². The van der Waals surface area contributed by atoms with E-state index in [-0.39, 0.29) is 16.9 Å². The zero-order valence-corrected chi connectivity index (χ0v) is 13.9. The number of para-hydroxylation sites is 1. The SMILES string of the molecule is COCC1(CNC(=O)c2cc(=O)[nH]c3ccccc23)CCNCC1. The van der Waals surface area contributed by atoms with Gasteiger partial charge in [0, 0.05) is 36.0 Å². The molecule has 0 atom stereocenters. The topological polar surface area (TPSA) is 83.2 Å². The van der Waals surface area contributed by atoms with Crippen LogP contribution in [0.1, 0.15) is 23.2 Å². The van der Waals surface area contributed by atoms with E-state index in [9.17, 15) is 9.59 Å². The third kappa shape index (κ3) is 3.49. The number of fused-ring (bicyclic) bond motifs is 1. The maximum atomic E-state index is 12.7. The highest BCUT2D eigenvalue weighted by molar-refractivity contribution is 6.05. The van der Waals surface area contributed by atoms with Crippen molar-refractivity contribution in [2.75, 3.05) is 33.4 Å². The van der Waals surface area contributed by atoms with E-state index in [0.717, 1.165) is 31.3 Å². The molecule has 2 aromatic rings. The summed E-state index contributed by atoms with van der Waals surface area (Å²) in [4.78, 5) is 27.3. The van der Waals surface area contributed by atoms with Gasteiger partial charge in [-0.15, -0.1) is 0 Å². The number of carbonyl (C=O) groups excluding carboxylic acids is 1. The minimum atomic E-state index is -0.271. The smallest absolute Gasteiger partial charge is 0.252 e. The Morgan fingerprint density at radius 2 is 2.04 bits per heavy atom. The monoisotopic (exact) mass is 329 g/mol. The van der Waals surface area contributed by atoms with Crippen molar-refractivity contribution in [3.8, 4) is 0 Å². The number of methoxy groups -OCH3 is 1. The molecule has 1 aromatic heterocycles. The van der Waals surface area contributed by atoms with Crippen molar-refractivity contribution in [1.29, 1.82) is 0 Å². The zero-order chi connectivity index (χ0) is 17.0. The number of piperidine rings is 1. The summed E-state index contributed by atoms with van der Waals surface area (Å²) >= 11 is 0. The molecule has 1 aliphatic rings. The van der Waals surface area contributed by atoms with Crippen molar-refractivity contribution in [2.45, 2.75) is 12.8 Å². The number of carbonyl (C=O) groups is 1. The van der Waals surface area contributed by atoms with Crippen molar-refractivity contribution in [3.63, 3.8) is 0 Å². The molecule has 6 heteroatoms. The van der Waals surface area contributed by atoms with E-state index in [4.69, 9.17) is 4.74 Å². The largest absolute Gasteiger partial charge is 0.384 e. The molecule has 0 unspecified atom stereocenters. The molecule has 24 heavy (non-hydrogen) atoms. The Bertz CT molecular complexity index is 773. The third-order valence-corrected chi connectivity index (χ3v) is 4.73. The Morgan fingerprint density at radius 1 is 1.29 bits per heavy atom. The third-order valence-electron chi connectivity index (χ3n) is 4.73. The summed E-state index contributed by atoms with van der Waals surface area (Å²) in [7, 11) is 1.69. The number of pyridine rings is 1. The van der Waals surface area contributed by atoms with Crippen molar-refractivity contribution < 1.29 is 9.53 Å². The number of nitrogens with one attached hydrogen (secondary N) is 3. The molecule has 0 spiro atoms. The Hall–Kier alpha value is -2.18. The van der Waals surface area contributed by atoms with E-state index in [2.05, 4.69) is 15.6 Å². The summed E-state index contributed by atoms with van der Waals surface area (Å²) in [5.74, 6) is -0.216. The van der Waals surface area contributed by atoms with Gasteiger partial charge in [-0.1, -0.05) is 18.2 Å². The van der Waals surface area contributed by atoms with Crippen LogP contribution in [0.25, 0.3) is 10.9 Å². The second-order valence-corrected chi connectivity index (χ2v) is 6.46. The maximum Gasteiger partial charge on any atom is 0.252 e. The molecule has 0 bridgehead atoms. The molecule has 6 nitrogen and oxygen atoms in total. The Labute approximate surface area is 140 Å². The average Bonchev–Trinajstić information content (AvgIpc) is 2.60. The van der Waals surface area contributed by atoms with Crippen molar-refractivity contribution >= 4 is 16.8 Å². The van der Waals surface area contributed by atoms with Gasteiger partial charge < -0.3 is 20.4 Å². The first kappa shape index (κ1) is 16.7. The number of ether oxygens (including phenoxy) is 1. The average molecular weight is 329 g/mol. The summed E-state index contributed by atoms with van der Waals surface area (Å²) in [6.45, 7) is 3.01. The fourth-order valence-electron chi connectivity index (χ4n) is 3.39. The number of aromatic nitrogens is 1. The van der Waals surface area contributed by atoms with Crippen LogP contribution in [0.15, 0.2) is 35.1 Å². The number of aromatic amines is 1. The standard InChI is InChI=1S/C18H23N3O3/c1-24-12-18(6-8-19-9-7-18)11-20-17(23)14-10-16(22)21-15-5-3-2-4-13(14)15/h2-5,10,19H,6-9,11-12H2,1H3,(H,20,23)(H,21,22). The Balaban J connectivity index is 1.81. The fraction of sp³-hybridized carbons (Fsp3) is 0.444. The summed E-state index contributed by atoms with van der Waals surface area (Å²) in [5, 5.41) is 7.10. The lowest BCUT2D eigenvalue weighted by atomic mass is 9.79. The van der Waals surface area contributed by atoms with Crippen molar-refractivity contribution in [3.05, 3.63) is 46.2 Å². The quantitative estimate of drug-likeness (QED) is 0.771. The highest BCUT2D eigenvalue weighted by Crippen LogP contribution is 2.28. The number of amides is 1. The molecule has 1 aliphatic heterocycles. The molecule has 0 aliphatic carbocycles. The van der Waals surface area contributed by atoms with Gasteiger partial charge in [0.05, 0.1) is 12.2 Å².